The number of nitrogens with one attached hydrogen (secondary N) is 1. The van der Waals surface area contributed by atoms with Crippen molar-refractivity contribution in [3.63, 3.8) is 0 Å². The summed E-state index contributed by atoms with van der Waals surface area (Å²) in [5.41, 5.74) is 0.895. The summed E-state index contributed by atoms with van der Waals surface area (Å²) in [5.74, 6) is -0.448. The monoisotopic (exact) mass is 341 g/mol. The van der Waals surface area contributed by atoms with Gasteiger partial charge < -0.3 is 10.1 Å². The van der Waals surface area contributed by atoms with Crippen molar-refractivity contribution in [3.8, 4) is 11.8 Å². The van der Waals surface area contributed by atoms with Gasteiger partial charge in [-0.3, -0.25) is 9.69 Å². The number of ether oxygens (including phenoxy) is 1. The third-order valence-electron chi connectivity index (χ3n) is 3.88. The highest BCUT2D eigenvalue weighted by Crippen LogP contribution is 2.16. The Labute approximate surface area is 146 Å². The molecule has 2 rings (SSSR count). The molecule has 1 atom stereocenters. The second-order valence-electron chi connectivity index (χ2n) is 5.58. The minimum Gasteiger partial charge on any atom is -0.489 e. The Bertz CT molecular complexity index is 773. The molecule has 6 heteroatoms. The Morgan fingerprint density at radius 2 is 1.96 bits per heavy atom. The molecule has 1 amide bonds. The average Bonchev–Trinajstić information content (AvgIpc) is 2.63. The molecule has 2 aromatic rings. The SMILES string of the molecule is CC(C(=O)Nc1ccccc1C#N)N(C)CCOc1ccccc1F. The van der Waals surface area contributed by atoms with E-state index in [9.17, 15) is 9.18 Å². The van der Waals surface area contributed by atoms with Gasteiger partial charge in [-0.15, -0.1) is 0 Å². The molecule has 2 aromatic carbocycles. The normalized spacial score (nSPS) is 11.6. The molecule has 130 valence electrons. The molecule has 0 aliphatic heterocycles. The zero-order chi connectivity index (χ0) is 18.2. The molecule has 1 N–H and O–H groups in total. The quantitative estimate of drug-likeness (QED) is 0.841. The van der Waals surface area contributed by atoms with E-state index in [1.807, 2.05) is 6.07 Å². The molecule has 0 spiro atoms. The fourth-order valence-corrected chi connectivity index (χ4v) is 2.18. The molecule has 0 bridgehead atoms. The number of anilines is 1. The molecule has 0 saturated heterocycles. The first-order chi connectivity index (χ1) is 12.0. The van der Waals surface area contributed by atoms with Crippen LogP contribution in [0.3, 0.4) is 0 Å². The highest BCUT2D eigenvalue weighted by atomic mass is 19.1. The minimum atomic E-state index is -0.434. The number of para-hydroxylation sites is 2. The van der Waals surface area contributed by atoms with Gasteiger partial charge in [-0.1, -0.05) is 24.3 Å². The summed E-state index contributed by atoms with van der Waals surface area (Å²) in [7, 11) is 1.78. The summed E-state index contributed by atoms with van der Waals surface area (Å²) in [6.45, 7) is 2.46. The summed E-state index contributed by atoms with van der Waals surface area (Å²) in [6.07, 6.45) is 0. The van der Waals surface area contributed by atoms with Crippen molar-refractivity contribution in [2.45, 2.75) is 13.0 Å². The number of carbonyl (C=O) groups excluding carboxylic acids is 1. The van der Waals surface area contributed by atoms with Gasteiger partial charge >= 0.3 is 0 Å². The van der Waals surface area contributed by atoms with Crippen LogP contribution in [-0.2, 0) is 4.79 Å². The van der Waals surface area contributed by atoms with E-state index >= 15 is 0 Å². The maximum absolute atomic E-state index is 13.5. The lowest BCUT2D eigenvalue weighted by atomic mass is 10.2. The second-order valence-corrected chi connectivity index (χ2v) is 5.58. The van der Waals surface area contributed by atoms with Gasteiger partial charge in [-0.05, 0) is 38.2 Å². The second kappa shape index (κ2) is 8.81. The van der Waals surface area contributed by atoms with Crippen molar-refractivity contribution in [2.24, 2.45) is 0 Å². The number of nitrogens with zero attached hydrogens (tertiary/aromatic N) is 2. The number of hydrogen-bond donors (Lipinski definition) is 1. The molecule has 0 aliphatic carbocycles. The first-order valence-electron chi connectivity index (χ1n) is 7.90. The lowest BCUT2D eigenvalue weighted by Crippen LogP contribution is -2.41. The van der Waals surface area contributed by atoms with Crippen LogP contribution in [0.1, 0.15) is 12.5 Å². The van der Waals surface area contributed by atoms with E-state index in [0.717, 1.165) is 0 Å². The van der Waals surface area contributed by atoms with Crippen LogP contribution in [0.2, 0.25) is 0 Å². The highest BCUT2D eigenvalue weighted by Gasteiger charge is 2.19. The lowest BCUT2D eigenvalue weighted by molar-refractivity contribution is -0.120. The first-order valence-corrected chi connectivity index (χ1v) is 7.90. The highest BCUT2D eigenvalue weighted by molar-refractivity contribution is 5.95. The summed E-state index contributed by atoms with van der Waals surface area (Å²) >= 11 is 0. The van der Waals surface area contributed by atoms with E-state index in [1.165, 1.54) is 6.07 Å². The Morgan fingerprint density at radius 1 is 1.28 bits per heavy atom. The third-order valence-corrected chi connectivity index (χ3v) is 3.88. The summed E-state index contributed by atoms with van der Waals surface area (Å²) in [6, 6.07) is 14.6. The Morgan fingerprint density at radius 3 is 2.68 bits per heavy atom. The number of hydrogen-bond acceptors (Lipinski definition) is 4. The van der Waals surface area contributed by atoms with Crippen LogP contribution >= 0.6 is 0 Å². The molecule has 0 heterocycles. The van der Waals surface area contributed by atoms with Gasteiger partial charge in [0.2, 0.25) is 5.91 Å². The molecular formula is C19H20FN3O2. The number of halogens is 1. The van der Waals surface area contributed by atoms with Crippen LogP contribution < -0.4 is 10.1 Å². The zero-order valence-electron chi connectivity index (χ0n) is 14.2. The Hall–Kier alpha value is -2.91. The third kappa shape index (κ3) is 5.03. The predicted molar refractivity (Wildman–Crippen MR) is 93.8 cm³/mol. The van der Waals surface area contributed by atoms with E-state index < -0.39 is 11.9 Å². The molecule has 0 radical (unpaired) electrons. The van der Waals surface area contributed by atoms with Crippen LogP contribution in [0.5, 0.6) is 5.75 Å². The van der Waals surface area contributed by atoms with Crippen molar-refractivity contribution < 1.29 is 13.9 Å². The van der Waals surface area contributed by atoms with Gasteiger partial charge in [0.25, 0.3) is 0 Å². The van der Waals surface area contributed by atoms with E-state index in [-0.39, 0.29) is 18.3 Å². The molecule has 1 unspecified atom stereocenters. The zero-order valence-corrected chi connectivity index (χ0v) is 14.2. The summed E-state index contributed by atoms with van der Waals surface area (Å²) in [4.78, 5) is 14.1. The van der Waals surface area contributed by atoms with Crippen molar-refractivity contribution in [1.29, 1.82) is 5.26 Å². The predicted octanol–water partition coefficient (Wildman–Crippen LogP) is 3.04. The van der Waals surface area contributed by atoms with E-state index in [0.29, 0.717) is 17.8 Å². The number of likely N-dealkylation sites (N-methyl/N-ethyl adjacent to an activating group) is 1. The van der Waals surface area contributed by atoms with Gasteiger partial charge in [0.1, 0.15) is 12.7 Å². The van der Waals surface area contributed by atoms with E-state index in [4.69, 9.17) is 10.00 Å². The fraction of sp³-hybridized carbons (Fsp3) is 0.263. The maximum atomic E-state index is 13.5. The van der Waals surface area contributed by atoms with Crippen molar-refractivity contribution >= 4 is 11.6 Å². The van der Waals surface area contributed by atoms with Gasteiger partial charge in [-0.2, -0.15) is 5.26 Å². The average molecular weight is 341 g/mol. The maximum Gasteiger partial charge on any atom is 0.241 e. The minimum absolute atomic E-state index is 0.191. The van der Waals surface area contributed by atoms with Gasteiger partial charge in [0.15, 0.2) is 11.6 Å². The molecule has 0 saturated carbocycles. The fourth-order valence-electron chi connectivity index (χ4n) is 2.18. The number of rotatable bonds is 7. The molecule has 0 fully saturated rings. The van der Waals surface area contributed by atoms with E-state index in [1.54, 1.807) is 61.3 Å². The van der Waals surface area contributed by atoms with Gasteiger partial charge in [0.05, 0.1) is 17.3 Å². The number of benzene rings is 2. The van der Waals surface area contributed by atoms with Gasteiger partial charge in [-0.25, -0.2) is 4.39 Å². The number of nitriles is 1. The topological polar surface area (TPSA) is 65.4 Å². The smallest absolute Gasteiger partial charge is 0.241 e. The van der Waals surface area contributed by atoms with Gasteiger partial charge in [0, 0.05) is 6.54 Å². The van der Waals surface area contributed by atoms with Crippen molar-refractivity contribution in [2.75, 3.05) is 25.5 Å². The van der Waals surface area contributed by atoms with Crippen LogP contribution in [0.25, 0.3) is 0 Å². The molecule has 5 nitrogen and oxygen atoms in total. The van der Waals surface area contributed by atoms with Crippen LogP contribution in [-0.4, -0.2) is 37.0 Å². The first kappa shape index (κ1) is 18.4. The lowest BCUT2D eigenvalue weighted by Gasteiger charge is -2.24. The molecule has 0 aromatic heterocycles. The van der Waals surface area contributed by atoms with E-state index in [2.05, 4.69) is 5.32 Å². The molecule has 0 aliphatic rings. The van der Waals surface area contributed by atoms with Crippen molar-refractivity contribution in [1.82, 2.24) is 4.90 Å². The summed E-state index contributed by atoms with van der Waals surface area (Å²) in [5, 5.41) is 11.8. The molecular weight excluding hydrogens is 321 g/mol. The van der Waals surface area contributed by atoms with Crippen molar-refractivity contribution in [3.05, 3.63) is 59.9 Å². The standard InChI is InChI=1S/C19H20FN3O2/c1-14(19(24)22-17-9-5-3-7-15(17)13-21)23(2)11-12-25-18-10-6-4-8-16(18)20/h3-10,14H,11-12H2,1-2H3,(H,22,24). The number of amides is 1. The van der Waals surface area contributed by atoms with Crippen LogP contribution in [0, 0.1) is 17.1 Å². The van der Waals surface area contributed by atoms with Crippen LogP contribution in [0.15, 0.2) is 48.5 Å². The molecule has 25 heavy (non-hydrogen) atoms. The Balaban J connectivity index is 1.86. The van der Waals surface area contributed by atoms with Crippen LogP contribution in [0.4, 0.5) is 10.1 Å². The number of carbonyl (C=O) groups is 1. The summed E-state index contributed by atoms with van der Waals surface area (Å²) < 4.78 is 18.9. The Kier molecular flexibility index (Phi) is 6.49. The largest absolute Gasteiger partial charge is 0.489 e.